The zero-order chi connectivity index (χ0) is 15.6. The van der Waals surface area contributed by atoms with Crippen LogP contribution in [0.3, 0.4) is 0 Å². The highest BCUT2D eigenvalue weighted by atomic mass is 16.7. The summed E-state index contributed by atoms with van der Waals surface area (Å²) >= 11 is 0. The number of piperidine rings is 1. The van der Waals surface area contributed by atoms with Crippen LogP contribution >= 0.6 is 0 Å². The first-order chi connectivity index (χ1) is 10.7. The number of carbonyl (C=O) groups is 1. The molecule has 120 valence electrons. The van der Waals surface area contributed by atoms with Gasteiger partial charge < -0.3 is 23.8 Å². The summed E-state index contributed by atoms with van der Waals surface area (Å²) in [7, 11) is 1.64. The first kappa shape index (κ1) is 15.0. The summed E-state index contributed by atoms with van der Waals surface area (Å²) in [5.41, 5.74) is 0.984. The molecular formula is C16H21NO5. The predicted octanol–water partition coefficient (Wildman–Crippen LogP) is 2.55. The van der Waals surface area contributed by atoms with Crippen LogP contribution in [0.15, 0.2) is 18.2 Å². The van der Waals surface area contributed by atoms with Crippen molar-refractivity contribution in [2.75, 3.05) is 26.8 Å². The van der Waals surface area contributed by atoms with Gasteiger partial charge in [-0.15, -0.1) is 0 Å². The second-order valence-corrected chi connectivity index (χ2v) is 5.46. The lowest BCUT2D eigenvalue weighted by molar-refractivity contribution is -0.226. The quantitative estimate of drug-likeness (QED) is 0.840. The van der Waals surface area contributed by atoms with E-state index in [1.165, 1.54) is 0 Å². The van der Waals surface area contributed by atoms with E-state index in [0.717, 1.165) is 17.1 Å². The Morgan fingerprint density at radius 2 is 2.14 bits per heavy atom. The van der Waals surface area contributed by atoms with Crippen LogP contribution in [0.25, 0.3) is 0 Å². The molecule has 1 aromatic carbocycles. The Bertz CT molecular complexity index is 551. The van der Waals surface area contributed by atoms with Crippen LogP contribution in [-0.4, -0.2) is 43.6 Å². The normalized spacial score (nSPS) is 19.3. The fraction of sp³-hybridized carbons (Fsp3) is 0.562. The minimum absolute atomic E-state index is 0.265. The molecule has 1 fully saturated rings. The van der Waals surface area contributed by atoms with Crippen LogP contribution in [-0.2, 0) is 16.1 Å². The zero-order valence-corrected chi connectivity index (χ0v) is 13.0. The number of fused-ring (bicyclic) bond motifs is 1. The van der Waals surface area contributed by atoms with E-state index in [1.54, 1.807) is 12.0 Å². The summed E-state index contributed by atoms with van der Waals surface area (Å²) in [6, 6.07) is 5.72. The molecule has 1 amide bonds. The molecule has 0 atom stereocenters. The van der Waals surface area contributed by atoms with Crippen molar-refractivity contribution in [3.05, 3.63) is 23.8 Å². The van der Waals surface area contributed by atoms with Gasteiger partial charge in [0.2, 0.25) is 5.79 Å². The third kappa shape index (κ3) is 2.83. The number of nitrogens with zero attached hydrogens (tertiary/aromatic N) is 1. The Kier molecular flexibility index (Phi) is 4.11. The average Bonchev–Trinajstić information content (AvgIpc) is 2.55. The van der Waals surface area contributed by atoms with Gasteiger partial charge in [-0.05, 0) is 25.1 Å². The van der Waals surface area contributed by atoms with Gasteiger partial charge >= 0.3 is 6.09 Å². The van der Waals surface area contributed by atoms with Gasteiger partial charge in [-0.25, -0.2) is 4.79 Å². The third-order valence-electron chi connectivity index (χ3n) is 4.11. The summed E-state index contributed by atoms with van der Waals surface area (Å²) < 4.78 is 22.3. The van der Waals surface area contributed by atoms with Crippen molar-refractivity contribution in [3.63, 3.8) is 0 Å². The molecule has 0 bridgehead atoms. The van der Waals surface area contributed by atoms with Gasteiger partial charge in [-0.3, -0.25) is 0 Å². The number of amides is 1. The van der Waals surface area contributed by atoms with E-state index in [1.807, 2.05) is 25.1 Å². The Hall–Kier alpha value is -1.95. The molecule has 2 aliphatic heterocycles. The molecular weight excluding hydrogens is 286 g/mol. The molecule has 0 aromatic heterocycles. The lowest BCUT2D eigenvalue weighted by atomic mass is 10.0. The molecule has 22 heavy (non-hydrogen) atoms. The average molecular weight is 307 g/mol. The highest BCUT2D eigenvalue weighted by Crippen LogP contribution is 2.38. The molecule has 0 radical (unpaired) electrons. The number of carbonyl (C=O) groups excluding carboxylic acids is 1. The van der Waals surface area contributed by atoms with Crippen LogP contribution < -0.4 is 9.47 Å². The van der Waals surface area contributed by atoms with Gasteiger partial charge in [-0.2, -0.15) is 0 Å². The monoisotopic (exact) mass is 307 g/mol. The maximum Gasteiger partial charge on any atom is 0.409 e. The van der Waals surface area contributed by atoms with Gasteiger partial charge in [0.25, 0.3) is 0 Å². The van der Waals surface area contributed by atoms with Crippen molar-refractivity contribution in [1.29, 1.82) is 0 Å². The van der Waals surface area contributed by atoms with E-state index in [-0.39, 0.29) is 6.09 Å². The lowest BCUT2D eigenvalue weighted by Crippen LogP contribution is -2.52. The lowest BCUT2D eigenvalue weighted by Gasteiger charge is -2.43. The van der Waals surface area contributed by atoms with Crippen LogP contribution in [0.4, 0.5) is 4.79 Å². The van der Waals surface area contributed by atoms with Gasteiger partial charge in [-0.1, -0.05) is 0 Å². The van der Waals surface area contributed by atoms with Crippen molar-refractivity contribution < 1.29 is 23.7 Å². The minimum Gasteiger partial charge on any atom is -0.497 e. The van der Waals surface area contributed by atoms with E-state index >= 15 is 0 Å². The number of hydrogen-bond donors (Lipinski definition) is 0. The largest absolute Gasteiger partial charge is 0.497 e. The second-order valence-electron chi connectivity index (χ2n) is 5.46. The molecule has 2 heterocycles. The smallest absolute Gasteiger partial charge is 0.409 e. The van der Waals surface area contributed by atoms with E-state index in [0.29, 0.717) is 39.1 Å². The Morgan fingerprint density at radius 3 is 2.82 bits per heavy atom. The molecule has 6 nitrogen and oxygen atoms in total. The molecule has 2 aliphatic rings. The van der Waals surface area contributed by atoms with E-state index < -0.39 is 5.79 Å². The van der Waals surface area contributed by atoms with Gasteiger partial charge in [0.1, 0.15) is 11.5 Å². The highest BCUT2D eigenvalue weighted by Gasteiger charge is 2.42. The highest BCUT2D eigenvalue weighted by molar-refractivity contribution is 5.67. The summed E-state index contributed by atoms with van der Waals surface area (Å²) in [6.45, 7) is 3.84. The number of ether oxygens (including phenoxy) is 4. The molecule has 1 spiro atoms. The zero-order valence-electron chi connectivity index (χ0n) is 13.0. The molecule has 0 unspecified atom stereocenters. The molecule has 0 saturated carbocycles. The predicted molar refractivity (Wildman–Crippen MR) is 79.0 cm³/mol. The van der Waals surface area contributed by atoms with E-state index in [9.17, 15) is 4.79 Å². The van der Waals surface area contributed by atoms with Gasteiger partial charge in [0, 0.05) is 31.5 Å². The van der Waals surface area contributed by atoms with Crippen molar-refractivity contribution >= 4 is 6.09 Å². The molecule has 0 aliphatic carbocycles. The maximum atomic E-state index is 11.7. The summed E-state index contributed by atoms with van der Waals surface area (Å²) in [6.07, 6.45) is 1.01. The van der Waals surface area contributed by atoms with E-state index in [4.69, 9.17) is 18.9 Å². The fourth-order valence-electron chi connectivity index (χ4n) is 2.83. The topological polar surface area (TPSA) is 57.2 Å². The van der Waals surface area contributed by atoms with Crippen LogP contribution in [0.2, 0.25) is 0 Å². The molecule has 1 saturated heterocycles. The number of rotatable bonds is 2. The number of likely N-dealkylation sites (tertiary alicyclic amines) is 1. The molecule has 6 heteroatoms. The summed E-state index contributed by atoms with van der Waals surface area (Å²) in [5, 5.41) is 0. The first-order valence-electron chi connectivity index (χ1n) is 7.57. The van der Waals surface area contributed by atoms with Crippen LogP contribution in [0, 0.1) is 0 Å². The Labute approximate surface area is 129 Å². The molecule has 0 N–H and O–H groups in total. The summed E-state index contributed by atoms with van der Waals surface area (Å²) in [5.74, 6) is 0.987. The van der Waals surface area contributed by atoms with Gasteiger partial charge in [0.05, 0.1) is 20.3 Å². The standard InChI is InChI=1S/C16H21NO5/c1-3-20-15(18)17-8-6-16(7-9-17)21-11-12-10-13(19-2)4-5-14(12)22-16/h4-5,10H,3,6-9,11H2,1-2H3. The maximum absolute atomic E-state index is 11.7. The van der Waals surface area contributed by atoms with Crippen molar-refractivity contribution in [3.8, 4) is 11.5 Å². The number of hydrogen-bond acceptors (Lipinski definition) is 5. The molecule has 1 aromatic rings. The van der Waals surface area contributed by atoms with Gasteiger partial charge in [0.15, 0.2) is 0 Å². The van der Waals surface area contributed by atoms with E-state index in [2.05, 4.69) is 0 Å². The minimum atomic E-state index is -0.634. The van der Waals surface area contributed by atoms with Crippen molar-refractivity contribution in [1.82, 2.24) is 4.90 Å². The number of benzene rings is 1. The number of methoxy groups -OCH3 is 1. The Morgan fingerprint density at radius 1 is 1.36 bits per heavy atom. The van der Waals surface area contributed by atoms with Crippen molar-refractivity contribution in [2.45, 2.75) is 32.2 Å². The second kappa shape index (κ2) is 6.04. The summed E-state index contributed by atoms with van der Waals surface area (Å²) in [4.78, 5) is 13.4. The fourth-order valence-corrected chi connectivity index (χ4v) is 2.83. The first-order valence-corrected chi connectivity index (χ1v) is 7.57. The SMILES string of the molecule is CCOC(=O)N1CCC2(CC1)OCc1cc(OC)ccc1O2. The van der Waals surface area contributed by atoms with Crippen LogP contribution in [0.5, 0.6) is 11.5 Å². The van der Waals surface area contributed by atoms with Crippen LogP contribution in [0.1, 0.15) is 25.3 Å². The third-order valence-corrected chi connectivity index (χ3v) is 4.11. The molecule has 3 rings (SSSR count). The van der Waals surface area contributed by atoms with Crippen molar-refractivity contribution in [2.24, 2.45) is 0 Å². The Balaban J connectivity index is 1.66.